The van der Waals surface area contributed by atoms with E-state index in [1.54, 1.807) is 6.20 Å². The minimum Gasteiger partial charge on any atom is -0.381 e. The van der Waals surface area contributed by atoms with Crippen LogP contribution in [0.1, 0.15) is 41.2 Å². The van der Waals surface area contributed by atoms with Crippen molar-refractivity contribution in [2.24, 2.45) is 0 Å². The number of rotatable bonds is 4. The van der Waals surface area contributed by atoms with E-state index in [2.05, 4.69) is 38.5 Å². The summed E-state index contributed by atoms with van der Waals surface area (Å²) in [5.74, 6) is 2.27. The Morgan fingerprint density at radius 3 is 2.68 bits per heavy atom. The lowest BCUT2D eigenvalue weighted by atomic mass is 10.1. The van der Waals surface area contributed by atoms with Crippen LogP contribution in [0.4, 0.5) is 0 Å². The van der Waals surface area contributed by atoms with Gasteiger partial charge in [-0.05, 0) is 30.4 Å². The molecule has 0 spiro atoms. The van der Waals surface area contributed by atoms with E-state index < -0.39 is 0 Å². The van der Waals surface area contributed by atoms with Gasteiger partial charge >= 0.3 is 0 Å². The number of imidazole rings is 1. The maximum absolute atomic E-state index is 5.54. The number of ether oxygens (including phenoxy) is 1. The molecule has 6 heteroatoms. The van der Waals surface area contributed by atoms with E-state index in [0.29, 0.717) is 18.5 Å². The molecule has 2 aromatic heterocycles. The average molecular weight is 335 g/mol. The van der Waals surface area contributed by atoms with Crippen molar-refractivity contribution in [1.82, 2.24) is 24.3 Å². The summed E-state index contributed by atoms with van der Waals surface area (Å²) in [5.41, 5.74) is 2.87. The molecular formula is C19H21N5O. The highest BCUT2D eigenvalue weighted by Crippen LogP contribution is 2.31. The van der Waals surface area contributed by atoms with Gasteiger partial charge in [-0.15, -0.1) is 0 Å². The zero-order valence-electron chi connectivity index (χ0n) is 14.1. The fourth-order valence-corrected chi connectivity index (χ4v) is 3.94. The van der Waals surface area contributed by atoms with E-state index >= 15 is 0 Å². The number of aromatic nitrogens is 5. The first-order valence-electron chi connectivity index (χ1n) is 8.92. The van der Waals surface area contributed by atoms with Crippen molar-refractivity contribution < 1.29 is 4.74 Å². The molecule has 3 aromatic rings. The average Bonchev–Trinajstić information content (AvgIpc) is 3.41. The van der Waals surface area contributed by atoms with Crippen LogP contribution in [0.15, 0.2) is 43.0 Å². The molecule has 25 heavy (non-hydrogen) atoms. The molecule has 5 rings (SSSR count). The zero-order valence-corrected chi connectivity index (χ0v) is 14.1. The Balaban J connectivity index is 1.48. The lowest BCUT2D eigenvalue weighted by Gasteiger charge is -2.13. The number of benzene rings is 1. The Kier molecular flexibility index (Phi) is 3.63. The molecule has 1 aliphatic carbocycles. The van der Waals surface area contributed by atoms with E-state index in [0.717, 1.165) is 44.1 Å². The first-order chi connectivity index (χ1) is 12.4. The van der Waals surface area contributed by atoms with Crippen molar-refractivity contribution in [3.63, 3.8) is 0 Å². The van der Waals surface area contributed by atoms with Crippen molar-refractivity contribution in [3.05, 3.63) is 65.8 Å². The molecule has 3 heterocycles. The molecule has 0 radical (unpaired) electrons. The molecule has 6 nitrogen and oxygen atoms in total. The largest absolute Gasteiger partial charge is 0.381 e. The summed E-state index contributed by atoms with van der Waals surface area (Å²) in [6, 6.07) is 9.05. The minimum absolute atomic E-state index is 0.326. The summed E-state index contributed by atoms with van der Waals surface area (Å²) in [5, 5.41) is 4.93. The van der Waals surface area contributed by atoms with Gasteiger partial charge in [-0.25, -0.2) is 14.6 Å². The minimum atomic E-state index is 0.326. The maximum Gasteiger partial charge on any atom is 0.156 e. The first-order valence-corrected chi connectivity index (χ1v) is 8.92. The summed E-state index contributed by atoms with van der Waals surface area (Å²) in [7, 11) is 0. The van der Waals surface area contributed by atoms with Gasteiger partial charge in [0.15, 0.2) is 5.82 Å². The molecule has 1 atom stereocenters. The number of fused-ring (bicyclic) bond motifs is 1. The first kappa shape index (κ1) is 14.8. The molecule has 1 fully saturated rings. The van der Waals surface area contributed by atoms with Gasteiger partial charge in [-0.1, -0.05) is 24.3 Å². The predicted molar refractivity (Wildman–Crippen MR) is 92.4 cm³/mol. The van der Waals surface area contributed by atoms with Crippen LogP contribution in [0.3, 0.4) is 0 Å². The molecule has 0 amide bonds. The third-order valence-electron chi connectivity index (χ3n) is 5.27. The quantitative estimate of drug-likeness (QED) is 0.734. The SMILES string of the molecule is c1ccc2c(c1)CC(n1nc([C@H]3CCOC3)nc1Cn1ccnc1)C2. The standard InChI is InChI=1S/C19H21N5O/c1-2-4-15-10-17(9-14(15)3-1)24-18(11-23-7-6-20-13-23)21-19(22-24)16-5-8-25-12-16/h1-4,6-7,13,16-17H,5,8-12H2/t16-/m0/s1. The Labute approximate surface area is 146 Å². The van der Waals surface area contributed by atoms with Crippen LogP contribution in [0.25, 0.3) is 0 Å². The highest BCUT2D eigenvalue weighted by atomic mass is 16.5. The Hall–Kier alpha value is -2.47. The molecule has 0 N–H and O–H groups in total. The van der Waals surface area contributed by atoms with Gasteiger partial charge in [0.2, 0.25) is 0 Å². The summed E-state index contributed by atoms with van der Waals surface area (Å²) >= 11 is 0. The van der Waals surface area contributed by atoms with Crippen LogP contribution in [-0.2, 0) is 24.1 Å². The van der Waals surface area contributed by atoms with Crippen molar-refractivity contribution in [3.8, 4) is 0 Å². The van der Waals surface area contributed by atoms with Gasteiger partial charge in [-0.2, -0.15) is 5.10 Å². The van der Waals surface area contributed by atoms with Crippen LogP contribution in [0, 0.1) is 0 Å². The molecule has 1 aliphatic heterocycles. The molecule has 0 saturated carbocycles. The molecular weight excluding hydrogens is 314 g/mol. The fraction of sp³-hybridized carbons (Fsp3) is 0.421. The molecule has 0 unspecified atom stereocenters. The van der Waals surface area contributed by atoms with Gasteiger partial charge < -0.3 is 9.30 Å². The highest BCUT2D eigenvalue weighted by Gasteiger charge is 2.29. The van der Waals surface area contributed by atoms with Crippen molar-refractivity contribution in [1.29, 1.82) is 0 Å². The lowest BCUT2D eigenvalue weighted by molar-refractivity contribution is 0.193. The summed E-state index contributed by atoms with van der Waals surface area (Å²) in [4.78, 5) is 9.05. The maximum atomic E-state index is 5.54. The summed E-state index contributed by atoms with van der Waals surface area (Å²) in [6.07, 6.45) is 8.67. The smallest absolute Gasteiger partial charge is 0.156 e. The molecule has 1 saturated heterocycles. The van der Waals surface area contributed by atoms with Crippen LogP contribution in [0.2, 0.25) is 0 Å². The predicted octanol–water partition coefficient (Wildman–Crippen LogP) is 2.37. The van der Waals surface area contributed by atoms with E-state index in [-0.39, 0.29) is 0 Å². The molecule has 0 bridgehead atoms. The lowest BCUT2D eigenvalue weighted by Crippen LogP contribution is -2.16. The van der Waals surface area contributed by atoms with Crippen molar-refractivity contribution >= 4 is 0 Å². The Morgan fingerprint density at radius 2 is 2.00 bits per heavy atom. The summed E-state index contributed by atoms with van der Waals surface area (Å²) in [6.45, 7) is 2.25. The molecule has 2 aliphatic rings. The molecule has 1 aromatic carbocycles. The topological polar surface area (TPSA) is 57.8 Å². The molecule has 128 valence electrons. The van der Waals surface area contributed by atoms with Gasteiger partial charge in [0.25, 0.3) is 0 Å². The van der Waals surface area contributed by atoms with Gasteiger partial charge in [0.05, 0.1) is 25.5 Å². The van der Waals surface area contributed by atoms with Gasteiger partial charge in [-0.3, -0.25) is 0 Å². The van der Waals surface area contributed by atoms with Crippen molar-refractivity contribution in [2.45, 2.75) is 37.8 Å². The third-order valence-corrected chi connectivity index (χ3v) is 5.27. The second-order valence-corrected chi connectivity index (χ2v) is 6.96. The zero-order chi connectivity index (χ0) is 16.6. The van der Waals surface area contributed by atoms with E-state index in [1.165, 1.54) is 11.1 Å². The highest BCUT2D eigenvalue weighted by molar-refractivity contribution is 5.33. The van der Waals surface area contributed by atoms with Crippen LogP contribution in [-0.4, -0.2) is 37.5 Å². The van der Waals surface area contributed by atoms with Crippen molar-refractivity contribution in [2.75, 3.05) is 13.2 Å². The number of hydrogen-bond acceptors (Lipinski definition) is 4. The number of hydrogen-bond donors (Lipinski definition) is 0. The summed E-state index contributed by atoms with van der Waals surface area (Å²) < 4.78 is 9.75. The van der Waals surface area contributed by atoms with E-state index in [4.69, 9.17) is 14.8 Å². The Bertz CT molecular complexity index is 839. The van der Waals surface area contributed by atoms with E-state index in [9.17, 15) is 0 Å². The van der Waals surface area contributed by atoms with Crippen LogP contribution in [0.5, 0.6) is 0 Å². The number of nitrogens with zero attached hydrogens (tertiary/aromatic N) is 5. The normalized spacial score (nSPS) is 20.2. The monoisotopic (exact) mass is 335 g/mol. The van der Waals surface area contributed by atoms with Crippen LogP contribution < -0.4 is 0 Å². The van der Waals surface area contributed by atoms with Gasteiger partial charge in [0, 0.05) is 24.9 Å². The van der Waals surface area contributed by atoms with Crippen LogP contribution >= 0.6 is 0 Å². The second kappa shape index (κ2) is 6.11. The second-order valence-electron chi connectivity index (χ2n) is 6.96. The van der Waals surface area contributed by atoms with Gasteiger partial charge in [0.1, 0.15) is 5.82 Å². The Morgan fingerprint density at radius 1 is 1.16 bits per heavy atom. The fourth-order valence-electron chi connectivity index (χ4n) is 3.94. The third kappa shape index (κ3) is 2.76. The van der Waals surface area contributed by atoms with E-state index in [1.807, 2.05) is 12.5 Å².